The minimum atomic E-state index is 0.280. The fourth-order valence-corrected chi connectivity index (χ4v) is 1.69. The number of aromatic nitrogens is 1. The summed E-state index contributed by atoms with van der Waals surface area (Å²) in [5.74, 6) is 1.71. The van der Waals surface area contributed by atoms with Crippen LogP contribution in [0.15, 0.2) is 42.6 Å². The predicted octanol–water partition coefficient (Wildman–Crippen LogP) is 3.19. The summed E-state index contributed by atoms with van der Waals surface area (Å²) < 4.78 is 5.62. The number of hydrogen-bond donors (Lipinski definition) is 2. The highest BCUT2D eigenvalue weighted by Crippen LogP contribution is 2.23. The fraction of sp³-hybridized carbons (Fsp3) is 0.267. The quantitative estimate of drug-likeness (QED) is 0.835. The molecule has 0 atom stereocenters. The lowest BCUT2D eigenvalue weighted by molar-refractivity contribution is 0.317. The van der Waals surface area contributed by atoms with E-state index in [0.29, 0.717) is 19.0 Å². The lowest BCUT2D eigenvalue weighted by Gasteiger charge is -2.12. The van der Waals surface area contributed by atoms with Gasteiger partial charge in [0, 0.05) is 18.3 Å². The molecule has 0 saturated carbocycles. The summed E-state index contributed by atoms with van der Waals surface area (Å²) in [4.78, 5) is 4.26. The molecule has 4 heteroatoms. The zero-order valence-electron chi connectivity index (χ0n) is 11.0. The average Bonchev–Trinajstić information content (AvgIpc) is 2.45. The molecule has 0 amide bonds. The van der Waals surface area contributed by atoms with Gasteiger partial charge in [0.15, 0.2) is 11.6 Å². The Hall–Kier alpha value is -2.23. The van der Waals surface area contributed by atoms with E-state index in [0.717, 1.165) is 17.7 Å². The molecule has 0 unspecified atom stereocenters. The molecule has 1 heterocycles. The maximum absolute atomic E-state index is 9.71. The third-order valence-electron chi connectivity index (χ3n) is 2.67. The van der Waals surface area contributed by atoms with E-state index in [1.165, 1.54) is 0 Å². The lowest BCUT2D eigenvalue weighted by Crippen LogP contribution is -2.05. The number of aromatic hydroxyl groups is 1. The van der Waals surface area contributed by atoms with E-state index in [1.54, 1.807) is 18.3 Å². The van der Waals surface area contributed by atoms with Crippen LogP contribution in [0, 0.1) is 0 Å². The molecule has 0 saturated heterocycles. The van der Waals surface area contributed by atoms with Crippen molar-refractivity contribution < 1.29 is 9.84 Å². The van der Waals surface area contributed by atoms with Crippen LogP contribution in [0.1, 0.15) is 18.9 Å². The molecule has 0 bridgehead atoms. The number of benzene rings is 1. The highest BCUT2D eigenvalue weighted by molar-refractivity contribution is 5.50. The Kier molecular flexibility index (Phi) is 4.61. The highest BCUT2D eigenvalue weighted by atomic mass is 16.5. The van der Waals surface area contributed by atoms with E-state index in [9.17, 15) is 5.11 Å². The van der Waals surface area contributed by atoms with Crippen LogP contribution in [0.25, 0.3) is 0 Å². The first kappa shape index (κ1) is 13.2. The normalized spacial score (nSPS) is 10.2. The number of hydrogen-bond acceptors (Lipinski definition) is 4. The largest absolute Gasteiger partial charge is 0.508 e. The van der Waals surface area contributed by atoms with Crippen molar-refractivity contribution in [2.24, 2.45) is 0 Å². The van der Waals surface area contributed by atoms with Gasteiger partial charge in [0.1, 0.15) is 5.75 Å². The van der Waals surface area contributed by atoms with Crippen LogP contribution in [0.3, 0.4) is 0 Å². The predicted molar refractivity (Wildman–Crippen MR) is 75.5 cm³/mol. The molecule has 19 heavy (non-hydrogen) atoms. The van der Waals surface area contributed by atoms with Gasteiger partial charge in [0.25, 0.3) is 0 Å². The van der Waals surface area contributed by atoms with Gasteiger partial charge in [0.2, 0.25) is 0 Å². The summed E-state index contributed by atoms with van der Waals surface area (Å²) in [5, 5.41) is 12.9. The minimum absolute atomic E-state index is 0.280. The van der Waals surface area contributed by atoms with Crippen molar-refractivity contribution in [1.82, 2.24) is 4.98 Å². The Balaban J connectivity index is 2.05. The van der Waals surface area contributed by atoms with Gasteiger partial charge in [-0.15, -0.1) is 0 Å². The van der Waals surface area contributed by atoms with Gasteiger partial charge in [-0.05, 0) is 24.6 Å². The van der Waals surface area contributed by atoms with Crippen LogP contribution in [0.4, 0.5) is 5.82 Å². The molecular formula is C15H18N2O2. The molecule has 0 aliphatic carbocycles. The summed E-state index contributed by atoms with van der Waals surface area (Å²) in [6.07, 6.45) is 2.67. The Labute approximate surface area is 113 Å². The third kappa shape index (κ3) is 3.61. The van der Waals surface area contributed by atoms with Crippen LogP contribution >= 0.6 is 0 Å². The van der Waals surface area contributed by atoms with Crippen molar-refractivity contribution in [2.45, 2.75) is 19.9 Å². The second-order valence-corrected chi connectivity index (χ2v) is 4.18. The smallest absolute Gasteiger partial charge is 0.169 e. The van der Waals surface area contributed by atoms with Crippen LogP contribution < -0.4 is 10.1 Å². The zero-order valence-corrected chi connectivity index (χ0v) is 11.0. The summed E-state index contributed by atoms with van der Waals surface area (Å²) in [7, 11) is 0. The van der Waals surface area contributed by atoms with Crippen LogP contribution in [-0.2, 0) is 6.54 Å². The van der Waals surface area contributed by atoms with E-state index < -0.39 is 0 Å². The van der Waals surface area contributed by atoms with Gasteiger partial charge < -0.3 is 15.2 Å². The standard InChI is InChI=1S/C15H18N2O2/c1-2-10-19-14-8-5-9-16-15(14)17-11-12-6-3-4-7-13(12)18/h3-9,18H,2,10-11H2,1H3,(H,16,17). The van der Waals surface area contributed by atoms with Gasteiger partial charge in [-0.25, -0.2) is 4.98 Å². The second kappa shape index (κ2) is 6.64. The fourth-order valence-electron chi connectivity index (χ4n) is 1.69. The summed E-state index contributed by atoms with van der Waals surface area (Å²) in [6.45, 7) is 3.23. The zero-order chi connectivity index (χ0) is 13.5. The van der Waals surface area contributed by atoms with E-state index in [1.807, 2.05) is 24.3 Å². The molecule has 0 spiro atoms. The Morgan fingerprint density at radius 2 is 2.05 bits per heavy atom. The van der Waals surface area contributed by atoms with E-state index in [-0.39, 0.29) is 5.75 Å². The molecular weight excluding hydrogens is 240 g/mol. The summed E-state index contributed by atoms with van der Waals surface area (Å²) in [5.41, 5.74) is 0.828. The number of para-hydroxylation sites is 1. The summed E-state index contributed by atoms with van der Waals surface area (Å²) in [6, 6.07) is 11.0. The first-order valence-corrected chi connectivity index (χ1v) is 6.40. The van der Waals surface area contributed by atoms with Crippen molar-refractivity contribution >= 4 is 5.82 Å². The number of phenolic OH excluding ortho intramolecular Hbond substituents is 1. The van der Waals surface area contributed by atoms with E-state index in [2.05, 4.69) is 17.2 Å². The van der Waals surface area contributed by atoms with Gasteiger partial charge >= 0.3 is 0 Å². The van der Waals surface area contributed by atoms with Crippen LogP contribution in [0.5, 0.6) is 11.5 Å². The summed E-state index contributed by atoms with van der Waals surface area (Å²) >= 11 is 0. The topological polar surface area (TPSA) is 54.4 Å². The monoisotopic (exact) mass is 258 g/mol. The van der Waals surface area contributed by atoms with Gasteiger partial charge in [0.05, 0.1) is 6.61 Å². The maximum Gasteiger partial charge on any atom is 0.169 e. The Morgan fingerprint density at radius 3 is 2.84 bits per heavy atom. The molecule has 1 aromatic carbocycles. The molecule has 0 fully saturated rings. The van der Waals surface area contributed by atoms with Gasteiger partial charge in [-0.1, -0.05) is 25.1 Å². The number of phenols is 1. The molecule has 2 aromatic rings. The molecule has 0 aliphatic rings. The highest BCUT2D eigenvalue weighted by Gasteiger charge is 2.05. The van der Waals surface area contributed by atoms with Gasteiger partial charge in [-0.2, -0.15) is 0 Å². The molecule has 0 aliphatic heterocycles. The Morgan fingerprint density at radius 1 is 1.21 bits per heavy atom. The van der Waals surface area contributed by atoms with Gasteiger partial charge in [-0.3, -0.25) is 0 Å². The number of ether oxygens (including phenoxy) is 1. The van der Waals surface area contributed by atoms with Crippen molar-refractivity contribution in [3.05, 3.63) is 48.2 Å². The number of nitrogens with zero attached hydrogens (tertiary/aromatic N) is 1. The van der Waals surface area contributed by atoms with Crippen molar-refractivity contribution in [1.29, 1.82) is 0 Å². The molecule has 100 valence electrons. The second-order valence-electron chi connectivity index (χ2n) is 4.18. The van der Waals surface area contributed by atoms with Crippen molar-refractivity contribution in [3.63, 3.8) is 0 Å². The molecule has 1 aromatic heterocycles. The minimum Gasteiger partial charge on any atom is -0.508 e. The van der Waals surface area contributed by atoms with Crippen molar-refractivity contribution in [3.8, 4) is 11.5 Å². The lowest BCUT2D eigenvalue weighted by atomic mass is 10.2. The SMILES string of the molecule is CCCOc1cccnc1NCc1ccccc1O. The third-order valence-corrected chi connectivity index (χ3v) is 2.67. The van der Waals surface area contributed by atoms with E-state index in [4.69, 9.17) is 4.74 Å². The average molecular weight is 258 g/mol. The number of pyridine rings is 1. The maximum atomic E-state index is 9.71. The van der Waals surface area contributed by atoms with Crippen LogP contribution in [-0.4, -0.2) is 16.7 Å². The molecule has 4 nitrogen and oxygen atoms in total. The number of nitrogens with one attached hydrogen (secondary N) is 1. The molecule has 2 rings (SSSR count). The first-order valence-electron chi connectivity index (χ1n) is 6.40. The first-order chi connectivity index (χ1) is 9.31. The van der Waals surface area contributed by atoms with Crippen molar-refractivity contribution in [2.75, 3.05) is 11.9 Å². The molecule has 0 radical (unpaired) electrons. The number of anilines is 1. The van der Waals surface area contributed by atoms with E-state index >= 15 is 0 Å². The van der Waals surface area contributed by atoms with Crippen LogP contribution in [0.2, 0.25) is 0 Å². The Bertz CT molecular complexity index is 529. The number of rotatable bonds is 6. The molecule has 2 N–H and O–H groups in total.